The Morgan fingerprint density at radius 2 is 1.95 bits per heavy atom. The zero-order chi connectivity index (χ0) is 14.6. The predicted octanol–water partition coefficient (Wildman–Crippen LogP) is 3.06. The van der Waals surface area contributed by atoms with Crippen LogP contribution in [0, 0.1) is 17.5 Å². The first kappa shape index (κ1) is 15.8. The molecule has 1 N–H and O–H groups in total. The van der Waals surface area contributed by atoms with Crippen LogP contribution in [0.2, 0.25) is 0 Å². The number of nitrogens with zero attached hydrogens (tertiary/aromatic N) is 1. The zero-order valence-electron chi connectivity index (χ0n) is 10.2. The van der Waals surface area contributed by atoms with Gasteiger partial charge in [0.2, 0.25) is 5.82 Å². The molecule has 0 heterocycles. The van der Waals surface area contributed by atoms with Crippen molar-refractivity contribution in [3.63, 3.8) is 0 Å². The van der Waals surface area contributed by atoms with Crippen molar-refractivity contribution >= 4 is 21.8 Å². The van der Waals surface area contributed by atoms with E-state index < -0.39 is 34.7 Å². The largest absolute Gasteiger partial charge is 0.503 e. The Bertz CT molecular complexity index is 477. The molecule has 0 radical (unpaired) electrons. The van der Waals surface area contributed by atoms with Crippen molar-refractivity contribution in [2.45, 2.75) is 13.3 Å². The van der Waals surface area contributed by atoms with E-state index in [1.54, 1.807) is 0 Å². The maximum absolute atomic E-state index is 13.6. The van der Waals surface area contributed by atoms with Crippen molar-refractivity contribution < 1.29 is 23.1 Å². The minimum Gasteiger partial charge on any atom is -0.503 e. The number of hydrogen-bond donors (Lipinski definition) is 1. The van der Waals surface area contributed by atoms with Gasteiger partial charge in [0.05, 0.1) is 5.56 Å². The Kier molecular flexibility index (Phi) is 5.65. The quantitative estimate of drug-likeness (QED) is 0.661. The van der Waals surface area contributed by atoms with Gasteiger partial charge >= 0.3 is 0 Å². The number of halogens is 4. The molecule has 1 aromatic carbocycles. The van der Waals surface area contributed by atoms with Gasteiger partial charge in [-0.25, -0.2) is 8.78 Å². The molecule has 1 aromatic rings. The van der Waals surface area contributed by atoms with Crippen LogP contribution in [0.5, 0.6) is 5.75 Å². The van der Waals surface area contributed by atoms with E-state index in [9.17, 15) is 18.0 Å². The summed E-state index contributed by atoms with van der Waals surface area (Å²) >= 11 is 3.15. The van der Waals surface area contributed by atoms with Crippen LogP contribution < -0.4 is 0 Å². The highest BCUT2D eigenvalue weighted by Crippen LogP contribution is 2.26. The molecular formula is C12H13BrF3NO2. The molecule has 0 aliphatic heterocycles. The van der Waals surface area contributed by atoms with Gasteiger partial charge in [-0.05, 0) is 12.5 Å². The van der Waals surface area contributed by atoms with Crippen molar-refractivity contribution in [2.75, 3.05) is 18.4 Å². The van der Waals surface area contributed by atoms with Crippen molar-refractivity contribution in [3.05, 3.63) is 29.1 Å². The number of amides is 1. The third-order valence-electron chi connectivity index (χ3n) is 2.50. The van der Waals surface area contributed by atoms with Crippen LogP contribution in [0.4, 0.5) is 13.2 Å². The van der Waals surface area contributed by atoms with Gasteiger partial charge in [-0.3, -0.25) is 4.79 Å². The number of benzene rings is 1. The summed E-state index contributed by atoms with van der Waals surface area (Å²) in [5, 5.41) is 9.56. The van der Waals surface area contributed by atoms with E-state index >= 15 is 0 Å². The van der Waals surface area contributed by atoms with E-state index in [0.717, 1.165) is 0 Å². The second-order valence-electron chi connectivity index (χ2n) is 3.86. The van der Waals surface area contributed by atoms with E-state index in [2.05, 4.69) is 15.9 Å². The number of rotatable bonds is 5. The maximum atomic E-state index is 13.6. The summed E-state index contributed by atoms with van der Waals surface area (Å²) in [4.78, 5) is 13.3. The Morgan fingerprint density at radius 1 is 1.32 bits per heavy atom. The molecular weight excluding hydrogens is 327 g/mol. The monoisotopic (exact) mass is 339 g/mol. The topological polar surface area (TPSA) is 40.5 Å². The van der Waals surface area contributed by atoms with E-state index in [4.69, 9.17) is 5.11 Å². The Morgan fingerprint density at radius 3 is 2.47 bits per heavy atom. The van der Waals surface area contributed by atoms with Crippen LogP contribution in [0.3, 0.4) is 0 Å². The molecule has 106 valence electrons. The summed E-state index contributed by atoms with van der Waals surface area (Å²) in [7, 11) is 0. The first-order chi connectivity index (χ1) is 8.93. The SMILES string of the molecule is CCCN(CCBr)C(=O)c1cc(F)c(F)c(O)c1F. The van der Waals surface area contributed by atoms with E-state index in [1.807, 2.05) is 6.92 Å². The van der Waals surface area contributed by atoms with Crippen molar-refractivity contribution in [3.8, 4) is 5.75 Å². The second kappa shape index (κ2) is 6.79. The van der Waals surface area contributed by atoms with Gasteiger partial charge in [-0.15, -0.1) is 0 Å². The minimum absolute atomic E-state index is 0.297. The van der Waals surface area contributed by atoms with Gasteiger partial charge in [-0.2, -0.15) is 4.39 Å². The molecule has 0 fully saturated rings. The van der Waals surface area contributed by atoms with E-state index in [0.29, 0.717) is 30.9 Å². The summed E-state index contributed by atoms with van der Waals surface area (Å²) in [6, 6.07) is 0.462. The number of aromatic hydroxyl groups is 1. The highest BCUT2D eigenvalue weighted by molar-refractivity contribution is 9.09. The first-order valence-corrected chi connectivity index (χ1v) is 6.77. The molecule has 0 aromatic heterocycles. The van der Waals surface area contributed by atoms with Gasteiger partial charge in [0, 0.05) is 18.4 Å². The Labute approximate surface area is 117 Å². The summed E-state index contributed by atoms with van der Waals surface area (Å²) in [5.74, 6) is -6.86. The lowest BCUT2D eigenvalue weighted by molar-refractivity contribution is 0.0760. The number of phenolic OH excluding ortho intramolecular Hbond substituents is 1. The van der Waals surface area contributed by atoms with Crippen LogP contribution in [-0.2, 0) is 0 Å². The summed E-state index contributed by atoms with van der Waals surface area (Å²) < 4.78 is 39.7. The zero-order valence-corrected chi connectivity index (χ0v) is 11.8. The average molecular weight is 340 g/mol. The molecule has 0 unspecified atom stereocenters. The summed E-state index contributed by atoms with van der Waals surface area (Å²) in [6.07, 6.45) is 0.635. The molecule has 0 saturated heterocycles. The standard InChI is InChI=1S/C12H13BrF3NO2/c1-2-4-17(5-3-13)12(19)7-6-8(14)10(16)11(18)9(7)15/h6,18H,2-5H2,1H3. The summed E-state index contributed by atoms with van der Waals surface area (Å²) in [6.45, 7) is 2.48. The van der Waals surface area contributed by atoms with E-state index in [-0.39, 0.29) is 0 Å². The highest BCUT2D eigenvalue weighted by atomic mass is 79.9. The van der Waals surface area contributed by atoms with Crippen molar-refractivity contribution in [1.29, 1.82) is 0 Å². The molecule has 1 rings (SSSR count). The lowest BCUT2D eigenvalue weighted by Gasteiger charge is -2.21. The third kappa shape index (κ3) is 3.40. The lowest BCUT2D eigenvalue weighted by Crippen LogP contribution is -2.34. The Hall–Kier alpha value is -1.24. The molecule has 0 bridgehead atoms. The lowest BCUT2D eigenvalue weighted by atomic mass is 10.1. The van der Waals surface area contributed by atoms with Gasteiger partial charge in [0.15, 0.2) is 17.4 Å². The molecule has 19 heavy (non-hydrogen) atoms. The molecule has 3 nitrogen and oxygen atoms in total. The van der Waals surface area contributed by atoms with Crippen LogP contribution in [0.1, 0.15) is 23.7 Å². The fourth-order valence-electron chi connectivity index (χ4n) is 1.60. The van der Waals surface area contributed by atoms with E-state index in [1.165, 1.54) is 4.90 Å². The smallest absolute Gasteiger partial charge is 0.257 e. The number of hydrogen-bond acceptors (Lipinski definition) is 2. The molecule has 0 saturated carbocycles. The normalized spacial score (nSPS) is 10.6. The molecule has 0 spiro atoms. The maximum Gasteiger partial charge on any atom is 0.257 e. The van der Waals surface area contributed by atoms with Crippen LogP contribution in [0.25, 0.3) is 0 Å². The van der Waals surface area contributed by atoms with Gasteiger partial charge in [0.1, 0.15) is 0 Å². The van der Waals surface area contributed by atoms with Crippen molar-refractivity contribution in [1.82, 2.24) is 4.90 Å². The van der Waals surface area contributed by atoms with Gasteiger partial charge in [0.25, 0.3) is 5.91 Å². The number of phenols is 1. The molecule has 0 aliphatic rings. The second-order valence-corrected chi connectivity index (χ2v) is 4.66. The van der Waals surface area contributed by atoms with Gasteiger partial charge < -0.3 is 10.0 Å². The summed E-state index contributed by atoms with van der Waals surface area (Å²) in [5.41, 5.74) is -0.675. The molecule has 1 amide bonds. The average Bonchev–Trinajstić information content (AvgIpc) is 2.39. The highest BCUT2D eigenvalue weighted by Gasteiger charge is 2.25. The fourth-order valence-corrected chi connectivity index (χ4v) is 2.03. The molecule has 0 atom stereocenters. The number of alkyl halides is 1. The molecule has 7 heteroatoms. The van der Waals surface area contributed by atoms with Crippen LogP contribution in [-0.4, -0.2) is 34.3 Å². The number of carbonyl (C=O) groups is 1. The van der Waals surface area contributed by atoms with Crippen LogP contribution in [0.15, 0.2) is 6.07 Å². The van der Waals surface area contributed by atoms with Crippen LogP contribution >= 0.6 is 15.9 Å². The minimum atomic E-state index is -1.70. The fraction of sp³-hybridized carbons (Fsp3) is 0.417. The Balaban J connectivity index is 3.18. The molecule has 0 aliphatic carbocycles. The predicted molar refractivity (Wildman–Crippen MR) is 68.0 cm³/mol. The number of carbonyl (C=O) groups excluding carboxylic acids is 1. The van der Waals surface area contributed by atoms with Crippen molar-refractivity contribution in [2.24, 2.45) is 0 Å². The first-order valence-electron chi connectivity index (χ1n) is 5.65. The third-order valence-corrected chi connectivity index (χ3v) is 2.85. The van der Waals surface area contributed by atoms with Gasteiger partial charge in [-0.1, -0.05) is 22.9 Å².